The number of hydrogen-bond donors (Lipinski definition) is 3. The fourth-order valence-corrected chi connectivity index (χ4v) is 15.8. The van der Waals surface area contributed by atoms with Crippen LogP contribution in [-0.2, 0) is 28.8 Å². The number of allylic oxidation sites excluding steroid dienone is 7. The molecular weight excluding hydrogens is 1110 g/mol. The highest BCUT2D eigenvalue weighted by Gasteiger charge is 2.58. The number of fused-ring (bicyclic) bond motifs is 3. The summed E-state index contributed by atoms with van der Waals surface area (Å²) in [6.07, 6.45) is 19.1. The molecule has 1 aromatic rings. The molecule has 464 valence electrons. The summed E-state index contributed by atoms with van der Waals surface area (Å²) in [5.74, 6) is -3.12. The van der Waals surface area contributed by atoms with E-state index >= 15 is 9.18 Å². The molecule has 20 nitrogen and oxygen atoms in total. The number of nitrogens with one attached hydrogen (secondary N) is 3. The molecule has 4 saturated heterocycles. The number of hydrogen-bond acceptors (Lipinski definition) is 14. The van der Waals surface area contributed by atoms with Gasteiger partial charge in [-0.15, -0.1) is 0 Å². The zero-order valence-corrected chi connectivity index (χ0v) is 51.3. The van der Waals surface area contributed by atoms with Crippen LogP contribution in [0.4, 0.5) is 10.1 Å². The summed E-state index contributed by atoms with van der Waals surface area (Å²) in [5.41, 5.74) is 5.05. The number of likely N-dealkylation sites (tertiary alicyclic amines) is 3. The number of aliphatic imine (C=N–C) groups is 2. The van der Waals surface area contributed by atoms with Gasteiger partial charge in [0.05, 0.1) is 46.1 Å². The number of imide groups is 2. The summed E-state index contributed by atoms with van der Waals surface area (Å²) in [6.45, 7) is 16.6. The van der Waals surface area contributed by atoms with Gasteiger partial charge in [-0.25, -0.2) is 9.38 Å². The van der Waals surface area contributed by atoms with Crippen LogP contribution in [0.3, 0.4) is 0 Å². The second-order valence-corrected chi connectivity index (χ2v) is 26.8. The van der Waals surface area contributed by atoms with Crippen molar-refractivity contribution < 1.29 is 42.7 Å². The molecule has 0 radical (unpaired) electrons. The molecule has 5 unspecified atom stereocenters. The fourth-order valence-electron chi connectivity index (χ4n) is 15.8. The van der Waals surface area contributed by atoms with Crippen molar-refractivity contribution in [3.8, 4) is 0 Å². The zero-order valence-electron chi connectivity index (χ0n) is 51.3. The molecule has 21 heteroatoms. The zero-order chi connectivity index (χ0) is 61.2. The van der Waals surface area contributed by atoms with Crippen molar-refractivity contribution in [3.05, 3.63) is 87.7 Å². The van der Waals surface area contributed by atoms with Crippen molar-refractivity contribution in [2.45, 2.75) is 174 Å². The van der Waals surface area contributed by atoms with Gasteiger partial charge in [-0.1, -0.05) is 43.6 Å². The van der Waals surface area contributed by atoms with Crippen molar-refractivity contribution in [2.75, 3.05) is 57.3 Å². The Hall–Kier alpha value is -7.29. The maximum atomic E-state index is 16.0. The molecule has 5 fully saturated rings. The minimum Gasteiger partial charge on any atom is -0.371 e. The van der Waals surface area contributed by atoms with Gasteiger partial charge < -0.3 is 40.0 Å². The van der Waals surface area contributed by atoms with Crippen LogP contribution in [0.2, 0.25) is 0 Å². The van der Waals surface area contributed by atoms with E-state index < -0.39 is 47.1 Å². The number of amides is 8. The first-order valence-electron chi connectivity index (χ1n) is 32.2. The summed E-state index contributed by atoms with van der Waals surface area (Å²) in [4.78, 5) is 132. The van der Waals surface area contributed by atoms with E-state index in [1.54, 1.807) is 24.0 Å². The highest BCUT2D eigenvalue weighted by atomic mass is 19.1. The Balaban J connectivity index is 0.691. The minimum absolute atomic E-state index is 0.0133. The summed E-state index contributed by atoms with van der Waals surface area (Å²) in [5, 5.41) is 8.61. The summed E-state index contributed by atoms with van der Waals surface area (Å²) in [6, 6.07) is 4.27. The molecule has 8 heterocycles. The number of nitrogens with zero attached hydrogens (tertiary/aromatic N) is 9. The van der Waals surface area contributed by atoms with Gasteiger partial charge in [0.15, 0.2) is 0 Å². The molecule has 0 bridgehead atoms. The van der Waals surface area contributed by atoms with Crippen LogP contribution in [0, 0.1) is 29.1 Å². The Morgan fingerprint density at radius 1 is 0.885 bits per heavy atom. The predicted octanol–water partition coefficient (Wildman–Crippen LogP) is 6.13. The van der Waals surface area contributed by atoms with Crippen LogP contribution < -0.4 is 20.9 Å². The van der Waals surface area contributed by atoms with Gasteiger partial charge in [-0.05, 0) is 148 Å². The smallest absolute Gasteiger partial charge is 0.264 e. The van der Waals surface area contributed by atoms with E-state index in [0.717, 1.165) is 53.5 Å². The van der Waals surface area contributed by atoms with Crippen LogP contribution in [0.5, 0.6) is 0 Å². The summed E-state index contributed by atoms with van der Waals surface area (Å²) < 4.78 is 16.0. The van der Waals surface area contributed by atoms with Gasteiger partial charge in [0.25, 0.3) is 11.8 Å². The normalized spacial score (nSPS) is 27.7. The molecule has 1 aromatic carbocycles. The Labute approximate surface area is 509 Å². The van der Waals surface area contributed by atoms with E-state index in [1.807, 2.05) is 38.1 Å². The number of benzene rings is 1. The van der Waals surface area contributed by atoms with Gasteiger partial charge in [0, 0.05) is 99.3 Å². The van der Waals surface area contributed by atoms with Crippen LogP contribution in [0.15, 0.2) is 86.6 Å². The van der Waals surface area contributed by atoms with Gasteiger partial charge in [-0.2, -0.15) is 0 Å². The Morgan fingerprint density at radius 2 is 1.62 bits per heavy atom. The average Bonchev–Trinajstić information content (AvgIpc) is 1.59. The molecule has 11 aliphatic rings. The topological polar surface area (TPSA) is 220 Å². The number of anilines is 1. The Morgan fingerprint density at radius 3 is 2.31 bits per heavy atom. The molecule has 87 heavy (non-hydrogen) atoms. The average molecular weight is 1190 g/mol. The third kappa shape index (κ3) is 11.1. The first-order valence-corrected chi connectivity index (χ1v) is 32.2. The lowest BCUT2D eigenvalue weighted by molar-refractivity contribution is -0.153. The molecule has 5 atom stereocenters. The van der Waals surface area contributed by atoms with Crippen LogP contribution in [0.25, 0.3) is 0 Å². The van der Waals surface area contributed by atoms with E-state index in [0.29, 0.717) is 107 Å². The van der Waals surface area contributed by atoms with Crippen molar-refractivity contribution in [3.63, 3.8) is 0 Å². The first kappa shape index (κ1) is 60.0. The maximum absolute atomic E-state index is 16.0. The van der Waals surface area contributed by atoms with Crippen LogP contribution in [-0.4, -0.2) is 184 Å². The quantitative estimate of drug-likeness (QED) is 0.119. The Kier molecular flexibility index (Phi) is 16.8. The van der Waals surface area contributed by atoms with Crippen molar-refractivity contribution >= 4 is 65.5 Å². The van der Waals surface area contributed by atoms with Gasteiger partial charge in [0.2, 0.25) is 35.9 Å². The van der Waals surface area contributed by atoms with E-state index in [1.165, 1.54) is 25.3 Å². The van der Waals surface area contributed by atoms with Crippen LogP contribution >= 0.6 is 0 Å². The predicted molar refractivity (Wildman–Crippen MR) is 326 cm³/mol. The Bertz CT molecular complexity index is 3220. The molecule has 12 rings (SSSR count). The third-order valence-corrected chi connectivity index (χ3v) is 20.7. The number of halogens is 1. The lowest BCUT2D eigenvalue weighted by Gasteiger charge is -2.49. The van der Waals surface area contributed by atoms with Crippen molar-refractivity contribution in [1.82, 2.24) is 45.3 Å². The van der Waals surface area contributed by atoms with E-state index in [4.69, 9.17) is 9.98 Å². The number of piperidine rings is 3. The van der Waals surface area contributed by atoms with E-state index in [-0.39, 0.29) is 95.9 Å². The number of carbonyl (C=O) groups excluding carboxylic acids is 8. The molecule has 3 aliphatic carbocycles. The lowest BCUT2D eigenvalue weighted by atomic mass is 9.70. The van der Waals surface area contributed by atoms with Crippen molar-refractivity contribution in [2.24, 2.45) is 39.1 Å². The standard InChI is InChI=1S/C66H85FN12O8/c1-7-12-54(61(83)69-37-80)79-63(85)46-13-11-14-53(57(46)64(79)86)74-23-17-41(18-24-74)28-56(81)76-34-43(35-76)62(84)75-25-19-66(20-26-75)48-16-15-42(29-55(48)78(65(66)87)45-30-44(31-45)73-21-9-8-10-22-73)50-33-52-58(77(36-68-52)39(4)5)59(71-50)72-51-32-47(40(6)27-49(51)67)60(82)70-38(2)3/h11,13-16,27,33,36-39,41-45,47,54,58-59,72H,7-10,12,17-26,28-32,34-35H2,1-6H3,(H,70,82)(H,69,80,83). The maximum Gasteiger partial charge on any atom is 0.264 e. The molecule has 0 aromatic heterocycles. The number of carbonyl (C=O) groups is 8. The molecule has 8 aliphatic heterocycles. The second kappa shape index (κ2) is 24.4. The third-order valence-electron chi connectivity index (χ3n) is 20.7. The lowest BCUT2D eigenvalue weighted by Crippen LogP contribution is -2.59. The molecule has 1 spiro atoms. The molecule has 1 saturated carbocycles. The number of dihydropyridines is 1. The minimum atomic E-state index is -1.11. The SMILES string of the molecule is CCCC(C(=O)NC=O)N1C(=O)c2cccc(N3CCC(CC(=O)N4CC(C(=O)N5CCC6(CC5)C(=O)N(C5CC(N7CCCCC7)C5)C5=C6C=CC(C6=NC(NC7=C(F)C=C(C)C(C(=O)NC(C)C)C7)C7C(=C6)N=CN7C(C)C)C5)C4)CC3)c2C1=O. The van der Waals surface area contributed by atoms with Gasteiger partial charge in [0.1, 0.15) is 24.1 Å². The highest BCUT2D eigenvalue weighted by molar-refractivity contribution is 6.25. The summed E-state index contributed by atoms with van der Waals surface area (Å²) >= 11 is 0. The van der Waals surface area contributed by atoms with Crippen LogP contribution in [0.1, 0.15) is 152 Å². The van der Waals surface area contributed by atoms with Crippen molar-refractivity contribution in [1.29, 1.82) is 0 Å². The fraction of sp³-hybridized carbons (Fsp3) is 0.606. The van der Waals surface area contributed by atoms with Gasteiger partial charge in [-0.3, -0.25) is 53.6 Å². The highest BCUT2D eigenvalue weighted by Crippen LogP contribution is 2.54. The largest absolute Gasteiger partial charge is 0.371 e. The molecular formula is C66H85FN12O8. The molecule has 3 N–H and O–H groups in total. The number of rotatable bonds is 17. The van der Waals surface area contributed by atoms with E-state index in [2.05, 4.69) is 67.6 Å². The monoisotopic (exact) mass is 1190 g/mol. The second-order valence-electron chi connectivity index (χ2n) is 26.8. The van der Waals surface area contributed by atoms with Gasteiger partial charge >= 0.3 is 0 Å². The summed E-state index contributed by atoms with van der Waals surface area (Å²) in [7, 11) is 0. The molecule has 8 amide bonds. The first-order chi connectivity index (χ1) is 41.9. The van der Waals surface area contributed by atoms with E-state index in [9.17, 15) is 33.6 Å².